The van der Waals surface area contributed by atoms with Gasteiger partial charge in [-0.05, 0) is 70.0 Å². The van der Waals surface area contributed by atoms with Gasteiger partial charge in [0.25, 0.3) is 0 Å². The van der Waals surface area contributed by atoms with E-state index >= 15 is 0 Å². The molecule has 0 bridgehead atoms. The molecule has 0 aliphatic carbocycles. The van der Waals surface area contributed by atoms with Gasteiger partial charge in [0.15, 0.2) is 23.0 Å². The molecule has 0 saturated carbocycles. The Hall–Kier alpha value is -4.71. The van der Waals surface area contributed by atoms with Gasteiger partial charge in [-0.1, -0.05) is 116 Å². The molecule has 0 radical (unpaired) electrons. The zero-order chi connectivity index (χ0) is 29.0. The molecule has 6 aromatic rings. The van der Waals surface area contributed by atoms with Crippen LogP contribution in [0.25, 0.3) is 11.1 Å². The van der Waals surface area contributed by atoms with Gasteiger partial charge in [-0.25, -0.2) is 0 Å². The van der Waals surface area contributed by atoms with Crippen molar-refractivity contribution in [2.24, 2.45) is 0 Å². The van der Waals surface area contributed by atoms with Gasteiger partial charge in [0, 0.05) is 15.5 Å². The van der Waals surface area contributed by atoms with E-state index in [1.165, 1.54) is 31.3 Å². The maximum absolute atomic E-state index is 6.60. The van der Waals surface area contributed by atoms with Crippen molar-refractivity contribution in [1.82, 2.24) is 0 Å². The summed E-state index contributed by atoms with van der Waals surface area (Å²) in [6.07, 6.45) is 0. The maximum Gasteiger partial charge on any atom is 0.194 e. The molecule has 0 aromatic heterocycles. The molecule has 6 aromatic carbocycles. The summed E-state index contributed by atoms with van der Waals surface area (Å²) >= 11 is 1.88. The van der Waals surface area contributed by atoms with Crippen molar-refractivity contribution in [3.63, 3.8) is 0 Å². The zero-order valence-electron chi connectivity index (χ0n) is 24.0. The van der Waals surface area contributed by atoms with Gasteiger partial charge in [-0.3, -0.25) is 0 Å². The number of fused-ring (bicyclic) bond motifs is 4. The molecule has 5 heteroatoms. The van der Waals surface area contributed by atoms with E-state index in [0.29, 0.717) is 17.2 Å². The smallest absolute Gasteiger partial charge is 0.194 e. The molecule has 208 valence electrons. The highest BCUT2D eigenvalue weighted by atomic mass is 32.2. The zero-order valence-corrected chi connectivity index (χ0v) is 25.8. The minimum atomic E-state index is -1.94. The number of ether oxygens (including phenoxy) is 2. The summed E-state index contributed by atoms with van der Waals surface area (Å²) < 4.78 is 13.0. The average molecular weight is 592 g/mol. The summed E-state index contributed by atoms with van der Waals surface area (Å²) in [6.45, 7) is 4.93. The molecule has 0 spiro atoms. The second kappa shape index (κ2) is 10.2. The van der Waals surface area contributed by atoms with E-state index in [1.54, 1.807) is 0 Å². The van der Waals surface area contributed by atoms with Crippen LogP contribution in [0, 0.1) is 0 Å². The molecule has 0 N–H and O–H groups in total. The van der Waals surface area contributed by atoms with Gasteiger partial charge in [-0.15, -0.1) is 0 Å². The van der Waals surface area contributed by atoms with Crippen LogP contribution in [0.5, 0.6) is 23.0 Å². The first kappa shape index (κ1) is 26.0. The fourth-order valence-electron chi connectivity index (χ4n) is 6.18. The third kappa shape index (κ3) is 4.35. The lowest BCUT2D eigenvalue weighted by Gasteiger charge is -2.37. The minimum Gasteiger partial charge on any atom is -0.449 e. The van der Waals surface area contributed by atoms with Crippen LogP contribution in [0.2, 0.25) is 13.1 Å². The Bertz CT molecular complexity index is 1990. The van der Waals surface area contributed by atoms with Crippen molar-refractivity contribution >= 4 is 47.3 Å². The Morgan fingerprint density at radius 3 is 1.93 bits per heavy atom. The van der Waals surface area contributed by atoms with E-state index in [0.717, 1.165) is 22.8 Å². The third-order valence-electron chi connectivity index (χ3n) is 8.39. The molecule has 0 unspecified atom stereocenters. The van der Waals surface area contributed by atoms with Crippen molar-refractivity contribution < 1.29 is 9.47 Å². The Balaban J connectivity index is 1.33. The number of benzene rings is 6. The van der Waals surface area contributed by atoms with E-state index in [9.17, 15) is 0 Å². The van der Waals surface area contributed by atoms with Gasteiger partial charge in [-0.2, -0.15) is 0 Å². The summed E-state index contributed by atoms with van der Waals surface area (Å²) in [5, 5.41) is 2.95. The highest BCUT2D eigenvalue weighted by Crippen LogP contribution is 2.53. The number of hydrogen-bond donors (Lipinski definition) is 0. The topological polar surface area (TPSA) is 21.7 Å². The normalized spacial score (nSPS) is 13.8. The Morgan fingerprint density at radius 1 is 0.512 bits per heavy atom. The molecule has 8 rings (SSSR count). The van der Waals surface area contributed by atoms with Crippen LogP contribution in [0.1, 0.15) is 0 Å². The first-order chi connectivity index (χ1) is 21.1. The fraction of sp³-hybridized carbons (Fsp3) is 0.0526. The van der Waals surface area contributed by atoms with Crippen LogP contribution in [0.15, 0.2) is 149 Å². The standard InChI is InChI=1S/C38H29NO2SSi/c1-43(2)35-20-9-8-19-34(35)42-38-30(15-11-21-36(38)43)39(28-24-22-27(23-25-28)26-12-4-3-5-13-26)29-14-10-18-33-37(29)41-32-17-7-6-16-31(32)40-33/h3-25H,1-2H3. The van der Waals surface area contributed by atoms with Crippen LogP contribution in [0.3, 0.4) is 0 Å². The molecule has 0 saturated heterocycles. The van der Waals surface area contributed by atoms with Gasteiger partial charge < -0.3 is 14.4 Å². The molecule has 0 fully saturated rings. The first-order valence-electron chi connectivity index (χ1n) is 14.5. The highest BCUT2D eigenvalue weighted by Gasteiger charge is 2.37. The van der Waals surface area contributed by atoms with Crippen LogP contribution in [-0.4, -0.2) is 8.07 Å². The van der Waals surface area contributed by atoms with Crippen molar-refractivity contribution in [2.45, 2.75) is 22.9 Å². The number of hydrogen-bond acceptors (Lipinski definition) is 4. The lowest BCUT2D eigenvalue weighted by atomic mass is 10.0. The molecular formula is C38H29NO2SSi. The molecule has 3 nitrogen and oxygen atoms in total. The third-order valence-corrected chi connectivity index (χ3v) is 13.5. The predicted octanol–water partition coefficient (Wildman–Crippen LogP) is 10.0. The summed E-state index contributed by atoms with van der Waals surface area (Å²) in [5.74, 6) is 2.86. The van der Waals surface area contributed by atoms with Gasteiger partial charge in [0.1, 0.15) is 8.07 Å². The lowest BCUT2D eigenvalue weighted by molar-refractivity contribution is 0.360. The predicted molar refractivity (Wildman–Crippen MR) is 180 cm³/mol. The molecule has 2 heterocycles. The fourth-order valence-corrected chi connectivity index (χ4v) is 11.7. The van der Waals surface area contributed by atoms with Crippen LogP contribution >= 0.6 is 11.8 Å². The van der Waals surface area contributed by atoms with Gasteiger partial charge >= 0.3 is 0 Å². The molecule has 2 aliphatic rings. The van der Waals surface area contributed by atoms with Crippen molar-refractivity contribution in [2.75, 3.05) is 4.90 Å². The average Bonchev–Trinajstić information content (AvgIpc) is 3.05. The van der Waals surface area contributed by atoms with E-state index < -0.39 is 8.07 Å². The largest absolute Gasteiger partial charge is 0.449 e. The quantitative estimate of drug-likeness (QED) is 0.190. The molecule has 0 amide bonds. The SMILES string of the molecule is C[Si]1(C)c2ccccc2Sc2c(N(c3ccc(-c4ccccc4)cc3)c3cccc4c3Oc3ccccc3O4)cccc21. The molecular weight excluding hydrogens is 563 g/mol. The second-order valence-corrected chi connectivity index (χ2v) is 16.8. The van der Waals surface area contributed by atoms with Crippen LogP contribution in [-0.2, 0) is 0 Å². The monoisotopic (exact) mass is 591 g/mol. The van der Waals surface area contributed by atoms with E-state index in [2.05, 4.69) is 121 Å². The Morgan fingerprint density at radius 2 is 1.12 bits per heavy atom. The van der Waals surface area contributed by atoms with Crippen LogP contribution in [0.4, 0.5) is 17.1 Å². The molecule has 0 atom stereocenters. The number of rotatable bonds is 4. The summed E-state index contributed by atoms with van der Waals surface area (Å²) in [5.41, 5.74) is 5.51. The summed E-state index contributed by atoms with van der Waals surface area (Å²) in [6, 6.07) is 49.1. The first-order valence-corrected chi connectivity index (χ1v) is 18.3. The highest BCUT2D eigenvalue weighted by molar-refractivity contribution is 8.00. The van der Waals surface area contributed by atoms with Crippen molar-refractivity contribution in [1.29, 1.82) is 0 Å². The van der Waals surface area contributed by atoms with Crippen molar-refractivity contribution in [3.8, 4) is 34.1 Å². The summed E-state index contributed by atoms with van der Waals surface area (Å²) in [4.78, 5) is 5.00. The second-order valence-electron chi connectivity index (χ2n) is 11.4. The molecule has 2 aliphatic heterocycles. The van der Waals surface area contributed by atoms with Gasteiger partial charge in [0.05, 0.1) is 11.4 Å². The summed E-state index contributed by atoms with van der Waals surface area (Å²) in [7, 11) is -1.94. The van der Waals surface area contributed by atoms with Gasteiger partial charge in [0.2, 0.25) is 0 Å². The van der Waals surface area contributed by atoms with E-state index in [-0.39, 0.29) is 0 Å². The Labute approximate surface area is 257 Å². The van der Waals surface area contributed by atoms with E-state index in [1.807, 2.05) is 48.2 Å². The maximum atomic E-state index is 6.60. The Kier molecular flexibility index (Phi) is 6.17. The lowest BCUT2D eigenvalue weighted by Crippen LogP contribution is -2.56. The van der Waals surface area contributed by atoms with E-state index in [4.69, 9.17) is 9.47 Å². The van der Waals surface area contributed by atoms with Crippen LogP contribution < -0.4 is 24.7 Å². The minimum absolute atomic E-state index is 0.708. The number of para-hydroxylation sites is 3. The number of nitrogens with zero attached hydrogens (tertiary/aromatic N) is 1. The molecule has 43 heavy (non-hydrogen) atoms. The van der Waals surface area contributed by atoms with Crippen molar-refractivity contribution in [3.05, 3.63) is 140 Å². The number of anilines is 3.